The van der Waals surface area contributed by atoms with Gasteiger partial charge in [0.15, 0.2) is 8.32 Å². The largest absolute Gasteiger partial charge is 0.444 e. The van der Waals surface area contributed by atoms with Gasteiger partial charge in [0.25, 0.3) is 0 Å². The number of hydrogen-bond acceptors (Lipinski definition) is 3. The van der Waals surface area contributed by atoms with E-state index in [4.69, 9.17) is 9.16 Å². The van der Waals surface area contributed by atoms with Crippen molar-refractivity contribution in [2.45, 2.75) is 123 Å². The Hall–Kier alpha value is -1.59. The lowest BCUT2D eigenvalue weighted by molar-refractivity contribution is -0.0225. The third-order valence-electron chi connectivity index (χ3n) is 8.06. The van der Waals surface area contributed by atoms with E-state index in [1.165, 1.54) is 0 Å². The summed E-state index contributed by atoms with van der Waals surface area (Å²) >= 11 is 0. The standard InChI is InChI=1S/C30H51NO3Si/c1-12-13-19-25-23(3)22(2)20-21-26(31(25)28(32)33-29(4,5)6)27(24-17-15-14-16-18-24)34-35(10,11)30(7,8)9/h12-18,22-23,25-27H,19-21H2,1-11H3/b13-12-/t22-,23+,25?,26-,27-/m1/s1. The zero-order chi connectivity index (χ0) is 26.6. The highest BCUT2D eigenvalue weighted by Crippen LogP contribution is 2.45. The molecule has 0 spiro atoms. The van der Waals surface area contributed by atoms with Crippen LogP contribution in [0.1, 0.15) is 93.2 Å². The summed E-state index contributed by atoms with van der Waals surface area (Å²) in [6.45, 7) is 24.0. The van der Waals surface area contributed by atoms with Crippen LogP contribution >= 0.6 is 0 Å². The van der Waals surface area contributed by atoms with Crippen LogP contribution in [0.2, 0.25) is 18.1 Å². The summed E-state index contributed by atoms with van der Waals surface area (Å²) < 4.78 is 13.2. The molecule has 0 aromatic heterocycles. The molecule has 35 heavy (non-hydrogen) atoms. The Morgan fingerprint density at radius 1 is 1.09 bits per heavy atom. The highest BCUT2D eigenvalue weighted by molar-refractivity contribution is 6.74. The second kappa shape index (κ2) is 11.6. The predicted octanol–water partition coefficient (Wildman–Crippen LogP) is 8.76. The molecule has 5 heteroatoms. The van der Waals surface area contributed by atoms with Gasteiger partial charge in [-0.05, 0) is 82.5 Å². The molecular formula is C30H51NO3Si. The van der Waals surface area contributed by atoms with Gasteiger partial charge in [0.05, 0.1) is 12.1 Å². The van der Waals surface area contributed by atoms with Crippen LogP contribution < -0.4 is 0 Å². The first-order valence-electron chi connectivity index (χ1n) is 13.4. The fourth-order valence-corrected chi connectivity index (χ4v) is 5.99. The molecule has 0 N–H and O–H groups in total. The Labute approximate surface area is 216 Å². The topological polar surface area (TPSA) is 38.8 Å². The fraction of sp³-hybridized carbons (Fsp3) is 0.700. The van der Waals surface area contributed by atoms with Gasteiger partial charge in [0, 0.05) is 6.04 Å². The van der Waals surface area contributed by atoms with E-state index in [0.717, 1.165) is 24.8 Å². The summed E-state index contributed by atoms with van der Waals surface area (Å²) in [6, 6.07) is 10.5. The average molecular weight is 502 g/mol. The van der Waals surface area contributed by atoms with Crippen LogP contribution in [0.25, 0.3) is 0 Å². The first-order chi connectivity index (χ1) is 16.1. The van der Waals surface area contributed by atoms with Gasteiger partial charge in [0.1, 0.15) is 5.60 Å². The molecule has 1 heterocycles. The first-order valence-corrected chi connectivity index (χ1v) is 16.3. The lowest BCUT2D eigenvalue weighted by atomic mass is 9.85. The van der Waals surface area contributed by atoms with Crippen LogP contribution in [-0.2, 0) is 9.16 Å². The number of carbonyl (C=O) groups is 1. The van der Waals surface area contributed by atoms with Gasteiger partial charge in [-0.15, -0.1) is 0 Å². The van der Waals surface area contributed by atoms with Crippen LogP contribution in [0.4, 0.5) is 4.79 Å². The highest BCUT2D eigenvalue weighted by Gasteiger charge is 2.47. The predicted molar refractivity (Wildman–Crippen MR) is 150 cm³/mol. The molecule has 5 atom stereocenters. The van der Waals surface area contributed by atoms with Gasteiger partial charge in [-0.1, -0.05) is 77.1 Å². The molecule has 0 saturated carbocycles. The third kappa shape index (κ3) is 7.69. The molecule has 198 valence electrons. The number of likely N-dealkylation sites (tertiary alicyclic amines) is 1. The SMILES string of the molecule is C/C=C\CC1[C@@H](C)[C@H](C)CC[C@H]([C@H](O[Si](C)(C)C(C)(C)C)c2ccccc2)N1C(=O)OC(C)(C)C. The molecule has 1 unspecified atom stereocenters. The molecule has 1 aromatic rings. The Morgan fingerprint density at radius 3 is 2.20 bits per heavy atom. The zero-order valence-electron chi connectivity index (χ0n) is 24.2. The van der Waals surface area contributed by atoms with Gasteiger partial charge in [0.2, 0.25) is 0 Å². The molecule has 2 rings (SSSR count). The molecular weight excluding hydrogens is 450 g/mol. The summed E-state index contributed by atoms with van der Waals surface area (Å²) in [4.78, 5) is 16.0. The van der Waals surface area contributed by atoms with E-state index < -0.39 is 13.9 Å². The Kier molecular flexibility index (Phi) is 9.86. The van der Waals surface area contributed by atoms with E-state index >= 15 is 0 Å². The molecule has 4 nitrogen and oxygen atoms in total. The second-order valence-electron chi connectivity index (χ2n) is 13.0. The van der Waals surface area contributed by atoms with E-state index in [-0.39, 0.29) is 29.3 Å². The lowest BCUT2D eigenvalue weighted by Gasteiger charge is -2.46. The molecule has 1 aliphatic rings. The minimum atomic E-state index is -2.14. The van der Waals surface area contributed by atoms with Crippen molar-refractivity contribution in [1.82, 2.24) is 4.90 Å². The van der Waals surface area contributed by atoms with Gasteiger partial charge in [-0.3, -0.25) is 4.90 Å². The number of amides is 1. The van der Waals surface area contributed by atoms with E-state index in [9.17, 15) is 4.79 Å². The van der Waals surface area contributed by atoms with Gasteiger partial charge < -0.3 is 9.16 Å². The van der Waals surface area contributed by atoms with Crippen molar-refractivity contribution in [2.24, 2.45) is 11.8 Å². The Balaban J connectivity index is 2.68. The average Bonchev–Trinajstić information content (AvgIpc) is 2.86. The molecule has 1 aromatic carbocycles. The zero-order valence-corrected chi connectivity index (χ0v) is 25.2. The fourth-order valence-electron chi connectivity index (χ4n) is 4.71. The molecule has 1 amide bonds. The number of rotatable bonds is 6. The van der Waals surface area contributed by atoms with Crippen LogP contribution in [0.5, 0.6) is 0 Å². The summed E-state index contributed by atoms with van der Waals surface area (Å²) in [5.74, 6) is 0.859. The molecule has 0 radical (unpaired) electrons. The van der Waals surface area contributed by atoms with E-state index in [1.54, 1.807) is 0 Å². The summed E-state index contributed by atoms with van der Waals surface area (Å²) in [6.07, 6.45) is 6.63. The van der Waals surface area contributed by atoms with Crippen LogP contribution in [0, 0.1) is 11.8 Å². The number of hydrogen-bond donors (Lipinski definition) is 0. The van der Waals surface area contributed by atoms with Crippen molar-refractivity contribution in [3.63, 3.8) is 0 Å². The van der Waals surface area contributed by atoms with Crippen molar-refractivity contribution in [3.8, 4) is 0 Å². The normalized spacial score (nSPS) is 25.4. The summed E-state index contributed by atoms with van der Waals surface area (Å²) in [5, 5.41) is 0.0619. The number of ether oxygens (including phenoxy) is 1. The summed E-state index contributed by atoms with van der Waals surface area (Å²) in [7, 11) is -2.14. The van der Waals surface area contributed by atoms with Crippen LogP contribution in [0.3, 0.4) is 0 Å². The first kappa shape index (κ1) is 29.6. The lowest BCUT2D eigenvalue weighted by Crippen LogP contribution is -2.54. The number of carbonyl (C=O) groups excluding carboxylic acids is 1. The smallest absolute Gasteiger partial charge is 0.410 e. The van der Waals surface area contributed by atoms with Crippen molar-refractivity contribution < 1.29 is 14.0 Å². The maximum atomic E-state index is 13.9. The van der Waals surface area contributed by atoms with Gasteiger partial charge >= 0.3 is 6.09 Å². The molecule has 1 aliphatic heterocycles. The molecule has 0 bridgehead atoms. The Morgan fingerprint density at radius 2 is 1.69 bits per heavy atom. The van der Waals surface area contributed by atoms with E-state index in [1.807, 2.05) is 33.8 Å². The monoisotopic (exact) mass is 501 g/mol. The quantitative estimate of drug-likeness (QED) is 0.289. The summed E-state index contributed by atoms with van der Waals surface area (Å²) in [5.41, 5.74) is 0.582. The van der Waals surface area contributed by atoms with Crippen molar-refractivity contribution >= 4 is 14.4 Å². The molecule has 1 saturated heterocycles. The minimum absolute atomic E-state index is 0.0535. The maximum Gasteiger partial charge on any atom is 0.410 e. The van der Waals surface area contributed by atoms with E-state index in [2.05, 4.69) is 89.0 Å². The van der Waals surface area contributed by atoms with E-state index in [0.29, 0.717) is 11.8 Å². The minimum Gasteiger partial charge on any atom is -0.444 e. The van der Waals surface area contributed by atoms with Gasteiger partial charge in [-0.25, -0.2) is 4.79 Å². The van der Waals surface area contributed by atoms with Crippen LogP contribution in [0.15, 0.2) is 42.5 Å². The number of nitrogens with zero attached hydrogens (tertiary/aromatic N) is 1. The van der Waals surface area contributed by atoms with Crippen molar-refractivity contribution in [1.29, 1.82) is 0 Å². The highest BCUT2D eigenvalue weighted by atomic mass is 28.4. The van der Waals surface area contributed by atoms with Crippen molar-refractivity contribution in [2.75, 3.05) is 0 Å². The van der Waals surface area contributed by atoms with Crippen LogP contribution in [-0.4, -0.2) is 37.0 Å². The number of allylic oxidation sites excluding steroid dienone is 1. The number of benzene rings is 1. The molecule has 1 fully saturated rings. The van der Waals surface area contributed by atoms with Crippen molar-refractivity contribution in [3.05, 3.63) is 48.0 Å². The Bertz CT molecular complexity index is 837. The molecule has 0 aliphatic carbocycles. The third-order valence-corrected chi connectivity index (χ3v) is 12.5. The van der Waals surface area contributed by atoms with Gasteiger partial charge in [-0.2, -0.15) is 0 Å². The maximum absolute atomic E-state index is 13.9. The second-order valence-corrected chi connectivity index (χ2v) is 17.7.